The highest BCUT2D eigenvalue weighted by atomic mass is 16.5. The van der Waals surface area contributed by atoms with Gasteiger partial charge in [-0.2, -0.15) is 0 Å². The molecule has 1 fully saturated rings. The van der Waals surface area contributed by atoms with Crippen molar-refractivity contribution < 1.29 is 4.74 Å². The molecular formula is C14H23N3O. The van der Waals surface area contributed by atoms with Gasteiger partial charge in [0.2, 0.25) is 0 Å². The van der Waals surface area contributed by atoms with Crippen LogP contribution in [0.15, 0.2) is 18.3 Å². The van der Waals surface area contributed by atoms with Gasteiger partial charge in [0, 0.05) is 25.3 Å². The number of ether oxygens (including phenoxy) is 1. The number of hydrogen-bond acceptors (Lipinski definition) is 4. The second-order valence-electron chi connectivity index (χ2n) is 4.81. The van der Waals surface area contributed by atoms with Gasteiger partial charge < -0.3 is 15.0 Å². The zero-order valence-corrected chi connectivity index (χ0v) is 11.4. The minimum Gasteiger partial charge on any atom is -0.493 e. The minimum absolute atomic E-state index is 0.516. The number of nitrogens with zero attached hydrogens (tertiary/aromatic N) is 2. The first-order valence-corrected chi connectivity index (χ1v) is 6.81. The summed E-state index contributed by atoms with van der Waals surface area (Å²) >= 11 is 0. The van der Waals surface area contributed by atoms with Gasteiger partial charge in [-0.3, -0.25) is 0 Å². The highest BCUT2D eigenvalue weighted by Crippen LogP contribution is 2.23. The zero-order valence-electron chi connectivity index (χ0n) is 11.4. The first-order chi connectivity index (χ1) is 8.83. The lowest BCUT2D eigenvalue weighted by Crippen LogP contribution is -2.39. The molecule has 100 valence electrons. The zero-order chi connectivity index (χ0) is 12.8. The smallest absolute Gasteiger partial charge is 0.168 e. The topological polar surface area (TPSA) is 37.4 Å². The predicted octanol–water partition coefficient (Wildman–Crippen LogP) is 2.38. The van der Waals surface area contributed by atoms with Crippen molar-refractivity contribution in [3.63, 3.8) is 0 Å². The average molecular weight is 249 g/mol. The number of hydrogen-bond donors (Lipinski definition) is 1. The maximum Gasteiger partial charge on any atom is 0.168 e. The van der Waals surface area contributed by atoms with Crippen LogP contribution in [0.2, 0.25) is 0 Å². The molecule has 2 rings (SSSR count). The van der Waals surface area contributed by atoms with Crippen LogP contribution in [0, 0.1) is 0 Å². The van der Waals surface area contributed by atoms with Gasteiger partial charge in [0.15, 0.2) is 11.6 Å². The van der Waals surface area contributed by atoms with E-state index in [1.807, 2.05) is 12.1 Å². The molecule has 18 heavy (non-hydrogen) atoms. The minimum atomic E-state index is 0.516. The summed E-state index contributed by atoms with van der Waals surface area (Å²) in [6.45, 7) is 5.82. The molecule has 1 N–H and O–H groups in total. The lowest BCUT2D eigenvalue weighted by atomic mass is 10.0. The maximum absolute atomic E-state index is 5.31. The van der Waals surface area contributed by atoms with E-state index < -0.39 is 0 Å². The molecule has 0 amide bonds. The Hall–Kier alpha value is -1.29. The summed E-state index contributed by atoms with van der Waals surface area (Å²) in [6, 6.07) is 4.36. The van der Waals surface area contributed by atoms with Crippen molar-refractivity contribution >= 4 is 5.82 Å². The standard InChI is InChI=1S/C14H23N3O/c1-3-9-17-10-6-12(7-11-17)16-14-13(18-2)5-4-8-15-14/h4-5,8,12H,3,6-7,9-11H2,1-2H3,(H,15,16). The molecule has 0 unspecified atom stereocenters. The summed E-state index contributed by atoms with van der Waals surface area (Å²) < 4.78 is 5.31. The van der Waals surface area contributed by atoms with Gasteiger partial charge in [0.25, 0.3) is 0 Å². The van der Waals surface area contributed by atoms with E-state index in [4.69, 9.17) is 4.74 Å². The molecule has 2 heterocycles. The van der Waals surface area contributed by atoms with Crippen molar-refractivity contribution in [2.45, 2.75) is 32.2 Å². The van der Waals surface area contributed by atoms with Gasteiger partial charge in [0.1, 0.15) is 0 Å². The molecule has 0 aromatic carbocycles. The van der Waals surface area contributed by atoms with Crippen LogP contribution in [-0.4, -0.2) is 42.7 Å². The van der Waals surface area contributed by atoms with Gasteiger partial charge in [-0.25, -0.2) is 4.98 Å². The molecule has 1 aromatic heterocycles. The highest BCUT2D eigenvalue weighted by Gasteiger charge is 2.19. The Kier molecular flexibility index (Phi) is 4.81. The van der Waals surface area contributed by atoms with Crippen molar-refractivity contribution in [3.05, 3.63) is 18.3 Å². The van der Waals surface area contributed by atoms with E-state index in [-0.39, 0.29) is 0 Å². The number of likely N-dealkylation sites (tertiary alicyclic amines) is 1. The van der Waals surface area contributed by atoms with Crippen LogP contribution in [0.4, 0.5) is 5.82 Å². The second kappa shape index (κ2) is 6.59. The summed E-state index contributed by atoms with van der Waals surface area (Å²) in [5.41, 5.74) is 0. The van der Waals surface area contributed by atoms with Crippen molar-refractivity contribution in [3.8, 4) is 5.75 Å². The molecule has 0 radical (unpaired) electrons. The first-order valence-electron chi connectivity index (χ1n) is 6.81. The largest absolute Gasteiger partial charge is 0.493 e. The molecule has 0 aliphatic carbocycles. The molecule has 0 spiro atoms. The Labute approximate surface area is 109 Å². The molecule has 1 aliphatic heterocycles. The molecule has 1 saturated heterocycles. The van der Waals surface area contributed by atoms with Crippen LogP contribution >= 0.6 is 0 Å². The van der Waals surface area contributed by atoms with E-state index in [1.54, 1.807) is 13.3 Å². The molecule has 1 aromatic rings. The lowest BCUT2D eigenvalue weighted by Gasteiger charge is -2.32. The summed E-state index contributed by atoms with van der Waals surface area (Å²) in [7, 11) is 1.69. The number of rotatable bonds is 5. The molecule has 0 bridgehead atoms. The quantitative estimate of drug-likeness (QED) is 0.869. The van der Waals surface area contributed by atoms with Crippen LogP contribution < -0.4 is 10.1 Å². The average Bonchev–Trinajstić information content (AvgIpc) is 2.42. The van der Waals surface area contributed by atoms with Gasteiger partial charge >= 0.3 is 0 Å². The molecule has 0 saturated carbocycles. The summed E-state index contributed by atoms with van der Waals surface area (Å²) in [5.74, 6) is 1.70. The van der Waals surface area contributed by atoms with E-state index in [0.717, 1.165) is 11.6 Å². The summed E-state index contributed by atoms with van der Waals surface area (Å²) in [5, 5.41) is 3.50. The summed E-state index contributed by atoms with van der Waals surface area (Å²) in [4.78, 5) is 6.88. The van der Waals surface area contributed by atoms with E-state index in [1.165, 1.54) is 38.9 Å². The SMILES string of the molecule is CCCN1CCC(Nc2ncccc2OC)CC1. The fourth-order valence-corrected chi connectivity index (χ4v) is 2.47. The fraction of sp³-hybridized carbons (Fsp3) is 0.643. The predicted molar refractivity (Wildman–Crippen MR) is 74.2 cm³/mol. The monoisotopic (exact) mass is 249 g/mol. The van der Waals surface area contributed by atoms with E-state index in [0.29, 0.717) is 6.04 Å². The number of aromatic nitrogens is 1. The Balaban J connectivity index is 1.87. The summed E-state index contributed by atoms with van der Waals surface area (Å²) in [6.07, 6.45) is 5.41. The first kappa shape index (κ1) is 13.1. The molecule has 4 heteroatoms. The van der Waals surface area contributed by atoms with Crippen LogP contribution in [0.5, 0.6) is 5.75 Å². The van der Waals surface area contributed by atoms with Crippen LogP contribution in [0.1, 0.15) is 26.2 Å². The van der Waals surface area contributed by atoms with Gasteiger partial charge in [-0.05, 0) is 37.9 Å². The van der Waals surface area contributed by atoms with Crippen molar-refractivity contribution in [1.82, 2.24) is 9.88 Å². The highest BCUT2D eigenvalue weighted by molar-refractivity contribution is 5.50. The lowest BCUT2D eigenvalue weighted by molar-refractivity contribution is 0.219. The Bertz CT molecular complexity index is 362. The van der Waals surface area contributed by atoms with Crippen molar-refractivity contribution in [2.24, 2.45) is 0 Å². The molecule has 1 aliphatic rings. The third-order valence-corrected chi connectivity index (χ3v) is 3.46. The van der Waals surface area contributed by atoms with Crippen LogP contribution in [-0.2, 0) is 0 Å². The fourth-order valence-electron chi connectivity index (χ4n) is 2.47. The maximum atomic E-state index is 5.31. The van der Waals surface area contributed by atoms with E-state index in [9.17, 15) is 0 Å². The Morgan fingerprint density at radius 2 is 2.22 bits per heavy atom. The Morgan fingerprint density at radius 1 is 1.44 bits per heavy atom. The van der Waals surface area contributed by atoms with Gasteiger partial charge in [-0.1, -0.05) is 6.92 Å². The molecule has 0 atom stereocenters. The van der Waals surface area contributed by atoms with E-state index >= 15 is 0 Å². The molecule has 4 nitrogen and oxygen atoms in total. The number of piperidine rings is 1. The van der Waals surface area contributed by atoms with Crippen LogP contribution in [0.3, 0.4) is 0 Å². The van der Waals surface area contributed by atoms with Crippen molar-refractivity contribution in [1.29, 1.82) is 0 Å². The third-order valence-electron chi connectivity index (χ3n) is 3.46. The number of pyridine rings is 1. The van der Waals surface area contributed by atoms with Gasteiger partial charge in [-0.15, -0.1) is 0 Å². The Morgan fingerprint density at radius 3 is 2.89 bits per heavy atom. The van der Waals surface area contributed by atoms with Gasteiger partial charge in [0.05, 0.1) is 7.11 Å². The third kappa shape index (κ3) is 3.35. The second-order valence-corrected chi connectivity index (χ2v) is 4.81. The van der Waals surface area contributed by atoms with Crippen LogP contribution in [0.25, 0.3) is 0 Å². The number of nitrogens with one attached hydrogen (secondary N) is 1. The normalized spacial score (nSPS) is 17.7. The molecular weight excluding hydrogens is 226 g/mol. The number of anilines is 1. The number of methoxy groups -OCH3 is 1. The van der Waals surface area contributed by atoms with E-state index in [2.05, 4.69) is 22.1 Å². The van der Waals surface area contributed by atoms with Crippen molar-refractivity contribution in [2.75, 3.05) is 32.1 Å².